The van der Waals surface area contributed by atoms with E-state index in [2.05, 4.69) is 77.7 Å². The van der Waals surface area contributed by atoms with E-state index in [4.69, 9.17) is 21.5 Å². The predicted octanol–water partition coefficient (Wildman–Crippen LogP) is 15.9. The van der Waals surface area contributed by atoms with Crippen molar-refractivity contribution in [1.82, 2.24) is 0 Å². The van der Waals surface area contributed by atoms with Gasteiger partial charge in [-0.3, -0.25) is 0 Å². The van der Waals surface area contributed by atoms with Crippen LogP contribution >= 0.6 is 0 Å². The van der Waals surface area contributed by atoms with Crippen LogP contribution in [-0.4, -0.2) is 0 Å². The molecule has 0 unspecified atom stereocenters. The highest BCUT2D eigenvalue weighted by molar-refractivity contribution is 6.13. The average molecular weight is 751 g/mol. The van der Waals surface area contributed by atoms with Crippen molar-refractivity contribution in [3.05, 3.63) is 200 Å². The number of hydrogen-bond acceptors (Lipinski definition) is 4. The van der Waals surface area contributed by atoms with E-state index < -0.39 is 18.1 Å². The first kappa shape index (κ1) is 26.1. The fourth-order valence-corrected chi connectivity index (χ4v) is 8.28. The number of para-hydroxylation sites is 3. The van der Waals surface area contributed by atoms with Crippen LogP contribution in [0.15, 0.2) is 213 Å². The molecule has 12 aromatic rings. The SMILES string of the molecule is [2H]c1c([2H])c([2H])c2c(oc3c([2H])c([2H])c(-c4ccc(N(c5ccc(-c6cccc7oc8ccccc8c67)cc5)c5ccc(-c6cccc7oc8ccccc8c67)cc5)cc4)c([2H])c32)c1[2H]. The fourth-order valence-electron chi connectivity index (χ4n) is 8.28. The first-order valence-corrected chi connectivity index (χ1v) is 19.0. The third-order valence-corrected chi connectivity index (χ3v) is 11.0. The number of anilines is 3. The number of hydrogen-bond donors (Lipinski definition) is 0. The molecule has 0 saturated heterocycles. The molecule has 0 amide bonds. The van der Waals surface area contributed by atoms with E-state index in [1.165, 1.54) is 0 Å². The number of rotatable bonds is 6. The highest BCUT2D eigenvalue weighted by atomic mass is 16.3. The quantitative estimate of drug-likeness (QED) is 0.170. The van der Waals surface area contributed by atoms with Gasteiger partial charge in [0, 0.05) is 49.4 Å². The van der Waals surface area contributed by atoms with Crippen LogP contribution in [0.3, 0.4) is 0 Å². The van der Waals surface area contributed by atoms with Gasteiger partial charge >= 0.3 is 0 Å². The molecule has 0 bridgehead atoms. The molecule has 4 nitrogen and oxygen atoms in total. The second-order valence-electron chi connectivity index (χ2n) is 14.3. The minimum Gasteiger partial charge on any atom is -0.456 e. The zero-order chi connectivity index (χ0) is 44.2. The molecule has 0 aliphatic heterocycles. The Morgan fingerprint density at radius 3 is 1.36 bits per heavy atom. The second-order valence-corrected chi connectivity index (χ2v) is 14.3. The van der Waals surface area contributed by atoms with Crippen molar-refractivity contribution in [3.8, 4) is 33.4 Å². The van der Waals surface area contributed by atoms with Crippen molar-refractivity contribution >= 4 is 82.9 Å². The van der Waals surface area contributed by atoms with Gasteiger partial charge in [0.25, 0.3) is 0 Å². The Bertz CT molecular complexity index is 3750. The highest BCUT2D eigenvalue weighted by Crippen LogP contribution is 2.42. The molecule has 0 atom stereocenters. The van der Waals surface area contributed by atoms with Crippen molar-refractivity contribution in [2.45, 2.75) is 0 Å². The summed E-state index contributed by atoms with van der Waals surface area (Å²) in [5.41, 5.74) is 10.5. The normalized spacial score (nSPS) is 13.5. The molecule has 58 heavy (non-hydrogen) atoms. The molecule has 3 heterocycles. The molecule has 3 aromatic heterocycles. The van der Waals surface area contributed by atoms with Crippen LogP contribution in [0, 0.1) is 0 Å². The molecule has 4 heteroatoms. The van der Waals surface area contributed by atoms with Crippen molar-refractivity contribution in [1.29, 1.82) is 0 Å². The summed E-state index contributed by atoms with van der Waals surface area (Å²) < 4.78 is 79.0. The Labute approximate surface area is 343 Å². The van der Waals surface area contributed by atoms with Crippen LogP contribution in [0.4, 0.5) is 17.1 Å². The van der Waals surface area contributed by atoms with E-state index in [9.17, 15) is 1.37 Å². The summed E-state index contributed by atoms with van der Waals surface area (Å²) in [5.74, 6) is 0. The van der Waals surface area contributed by atoms with Crippen molar-refractivity contribution < 1.29 is 22.8 Å². The number of benzene rings is 9. The summed E-state index contributed by atoms with van der Waals surface area (Å²) in [6.45, 7) is 0. The highest BCUT2D eigenvalue weighted by Gasteiger charge is 2.18. The van der Waals surface area contributed by atoms with Gasteiger partial charge in [-0.2, -0.15) is 0 Å². The number of nitrogens with zero attached hydrogens (tertiary/aromatic N) is 1. The lowest BCUT2D eigenvalue weighted by Crippen LogP contribution is -2.09. The Balaban J connectivity index is 0.986. The van der Waals surface area contributed by atoms with Crippen LogP contribution in [0.25, 0.3) is 99.2 Å². The summed E-state index contributed by atoms with van der Waals surface area (Å²) in [4.78, 5) is 2.14. The van der Waals surface area contributed by atoms with Gasteiger partial charge in [-0.05, 0) is 112 Å². The maximum absolute atomic E-state index is 9.32. The van der Waals surface area contributed by atoms with E-state index in [1.54, 1.807) is 0 Å². The monoisotopic (exact) mass is 750 g/mol. The van der Waals surface area contributed by atoms with E-state index in [1.807, 2.05) is 84.9 Å². The third-order valence-electron chi connectivity index (χ3n) is 11.0. The molecule has 0 aliphatic carbocycles. The topological polar surface area (TPSA) is 42.7 Å². The first-order chi connectivity index (χ1) is 31.7. The van der Waals surface area contributed by atoms with Crippen molar-refractivity contribution in [2.24, 2.45) is 0 Å². The van der Waals surface area contributed by atoms with Gasteiger partial charge < -0.3 is 18.2 Å². The maximum atomic E-state index is 9.32. The van der Waals surface area contributed by atoms with Gasteiger partial charge in [-0.1, -0.05) is 121 Å². The van der Waals surface area contributed by atoms with Gasteiger partial charge in [0.05, 0.1) is 9.60 Å². The van der Waals surface area contributed by atoms with Gasteiger partial charge in [0.1, 0.15) is 33.5 Å². The van der Waals surface area contributed by atoms with Gasteiger partial charge in [-0.25, -0.2) is 0 Å². The average Bonchev–Trinajstić information content (AvgIpc) is 4.06. The van der Waals surface area contributed by atoms with E-state index in [0.717, 1.165) is 83.2 Å². The Kier molecular flexibility index (Phi) is 5.79. The Hall–Kier alpha value is -7.82. The minimum absolute atomic E-state index is 0.0230. The summed E-state index contributed by atoms with van der Waals surface area (Å²) in [6.07, 6.45) is 0. The van der Waals surface area contributed by atoms with E-state index >= 15 is 0 Å². The standard InChI is InChI=1S/C54H33NO3/c1-4-14-47-43(9-1)46-33-37(25-32-50(46)56-47)34-19-26-38(27-20-34)55(39-28-21-35(22-29-39)41-12-7-17-51-53(41)44-10-2-5-15-48(44)57-51)40-30-23-36(24-31-40)42-13-8-18-52-54(42)45-11-3-6-16-49(45)58-52/h1-33H/i1D,4D,9D,14D,25D,32D,33D. The third kappa shape index (κ3) is 5.16. The number of fused-ring (bicyclic) bond motifs is 9. The molecule has 0 aliphatic rings. The molecule has 0 spiro atoms. The van der Waals surface area contributed by atoms with Crippen LogP contribution in [-0.2, 0) is 0 Å². The van der Waals surface area contributed by atoms with E-state index in [0.29, 0.717) is 5.56 Å². The molecule has 0 saturated carbocycles. The lowest BCUT2D eigenvalue weighted by atomic mass is 9.98. The second kappa shape index (κ2) is 12.9. The zero-order valence-electron chi connectivity index (χ0n) is 37.7. The minimum atomic E-state index is -0.469. The lowest BCUT2D eigenvalue weighted by Gasteiger charge is -2.26. The molecule has 12 rings (SSSR count). The molecular formula is C54H33NO3. The van der Waals surface area contributed by atoms with Gasteiger partial charge in [0.2, 0.25) is 0 Å². The molecule has 0 radical (unpaired) electrons. The van der Waals surface area contributed by atoms with Gasteiger partial charge in [-0.15, -0.1) is 0 Å². The first-order valence-electron chi connectivity index (χ1n) is 22.5. The lowest BCUT2D eigenvalue weighted by molar-refractivity contribution is 0.668. The Morgan fingerprint density at radius 1 is 0.328 bits per heavy atom. The van der Waals surface area contributed by atoms with Crippen LogP contribution in [0.2, 0.25) is 0 Å². The van der Waals surface area contributed by atoms with Crippen LogP contribution in [0.5, 0.6) is 0 Å². The predicted molar refractivity (Wildman–Crippen MR) is 239 cm³/mol. The summed E-state index contributed by atoms with van der Waals surface area (Å²) in [7, 11) is 0. The fraction of sp³-hybridized carbons (Fsp3) is 0. The van der Waals surface area contributed by atoms with Gasteiger partial charge in [0.15, 0.2) is 0 Å². The molecule has 0 fully saturated rings. The van der Waals surface area contributed by atoms with Crippen molar-refractivity contribution in [3.63, 3.8) is 0 Å². The molecular weight excluding hydrogens is 711 g/mol. The van der Waals surface area contributed by atoms with E-state index in [-0.39, 0.29) is 51.7 Å². The summed E-state index contributed by atoms with van der Waals surface area (Å²) >= 11 is 0. The molecule has 0 N–H and O–H groups in total. The maximum Gasteiger partial charge on any atom is 0.136 e. The summed E-state index contributed by atoms with van der Waals surface area (Å²) in [5, 5.41) is 4.31. The molecule has 9 aromatic carbocycles. The Morgan fingerprint density at radius 2 is 0.793 bits per heavy atom. The van der Waals surface area contributed by atoms with Crippen LogP contribution in [0.1, 0.15) is 9.60 Å². The molecule has 272 valence electrons. The summed E-state index contributed by atoms with van der Waals surface area (Å²) in [6, 6.07) is 50.2. The number of furan rings is 3. The van der Waals surface area contributed by atoms with Crippen molar-refractivity contribution in [2.75, 3.05) is 4.90 Å². The smallest absolute Gasteiger partial charge is 0.136 e. The zero-order valence-corrected chi connectivity index (χ0v) is 30.7. The van der Waals surface area contributed by atoms with Crippen LogP contribution < -0.4 is 4.90 Å². The largest absolute Gasteiger partial charge is 0.456 e.